The Morgan fingerprint density at radius 2 is 1.73 bits per heavy atom. The van der Waals surface area contributed by atoms with Crippen LogP contribution >= 0.6 is 0 Å². The SMILES string of the molecule is COc1cccc(-c2cc3c(N4CCC(C(=O)N5CCN(c6ccccn6)CC5)CC4)nccn3n2)c1. The fourth-order valence-electron chi connectivity index (χ4n) is 5.37. The minimum atomic E-state index is 0.0645. The van der Waals surface area contributed by atoms with Gasteiger partial charge in [0.25, 0.3) is 0 Å². The van der Waals surface area contributed by atoms with Gasteiger partial charge in [-0.25, -0.2) is 14.5 Å². The molecule has 0 saturated carbocycles. The number of hydrogen-bond acceptors (Lipinski definition) is 7. The van der Waals surface area contributed by atoms with Crippen molar-refractivity contribution in [3.05, 3.63) is 67.1 Å². The molecule has 1 amide bonds. The largest absolute Gasteiger partial charge is 0.497 e. The van der Waals surface area contributed by atoms with Crippen LogP contribution in [0.4, 0.5) is 11.6 Å². The average molecular weight is 498 g/mol. The maximum atomic E-state index is 13.3. The number of fused-ring (bicyclic) bond motifs is 1. The second-order valence-electron chi connectivity index (χ2n) is 9.60. The molecule has 9 heteroatoms. The molecule has 4 aromatic rings. The number of carbonyl (C=O) groups is 1. The monoisotopic (exact) mass is 497 g/mol. The van der Waals surface area contributed by atoms with Crippen molar-refractivity contribution < 1.29 is 9.53 Å². The van der Waals surface area contributed by atoms with Gasteiger partial charge < -0.3 is 19.4 Å². The van der Waals surface area contributed by atoms with Crippen molar-refractivity contribution in [1.82, 2.24) is 24.5 Å². The number of carbonyl (C=O) groups excluding carboxylic acids is 1. The van der Waals surface area contributed by atoms with Gasteiger partial charge in [-0.2, -0.15) is 5.10 Å². The fourth-order valence-corrected chi connectivity index (χ4v) is 5.37. The number of piperazine rings is 1. The first-order valence-corrected chi connectivity index (χ1v) is 12.9. The molecule has 0 unspecified atom stereocenters. The van der Waals surface area contributed by atoms with Crippen molar-refractivity contribution in [1.29, 1.82) is 0 Å². The Morgan fingerprint density at radius 3 is 2.49 bits per heavy atom. The quantitative estimate of drug-likeness (QED) is 0.418. The standard InChI is InChI=1S/C28H31N7O2/c1-37-23-6-4-5-22(19-23)24-20-25-27(30-11-14-35(25)31-24)33-12-8-21(9-13-33)28(36)34-17-15-32(16-18-34)26-7-2-3-10-29-26/h2-7,10-11,14,19-21H,8-9,12-13,15-18H2,1H3. The minimum Gasteiger partial charge on any atom is -0.497 e. The van der Waals surface area contributed by atoms with Crippen LogP contribution in [-0.4, -0.2) is 76.8 Å². The van der Waals surface area contributed by atoms with E-state index in [1.165, 1.54) is 0 Å². The summed E-state index contributed by atoms with van der Waals surface area (Å²) in [4.78, 5) is 29.0. The predicted molar refractivity (Wildman–Crippen MR) is 143 cm³/mol. The van der Waals surface area contributed by atoms with Crippen molar-refractivity contribution in [2.75, 3.05) is 56.2 Å². The van der Waals surface area contributed by atoms with E-state index in [0.29, 0.717) is 0 Å². The molecular weight excluding hydrogens is 466 g/mol. The first kappa shape index (κ1) is 23.3. The van der Waals surface area contributed by atoms with Gasteiger partial charge in [0, 0.05) is 69.3 Å². The summed E-state index contributed by atoms with van der Waals surface area (Å²) >= 11 is 0. The van der Waals surface area contributed by atoms with Gasteiger partial charge in [-0.1, -0.05) is 18.2 Å². The second-order valence-corrected chi connectivity index (χ2v) is 9.60. The Kier molecular flexibility index (Phi) is 6.34. The third-order valence-corrected chi connectivity index (χ3v) is 7.44. The van der Waals surface area contributed by atoms with Crippen LogP contribution in [0.25, 0.3) is 16.8 Å². The number of rotatable bonds is 5. The Bertz CT molecular complexity index is 1370. The molecule has 0 radical (unpaired) electrons. The van der Waals surface area contributed by atoms with Crippen molar-refractivity contribution in [2.24, 2.45) is 5.92 Å². The highest BCUT2D eigenvalue weighted by Gasteiger charge is 2.31. The molecule has 0 N–H and O–H groups in total. The van der Waals surface area contributed by atoms with Crippen LogP contribution in [0, 0.1) is 5.92 Å². The topological polar surface area (TPSA) is 79.1 Å². The normalized spacial score (nSPS) is 16.8. The molecule has 5 heterocycles. The Hall–Kier alpha value is -4.14. The smallest absolute Gasteiger partial charge is 0.225 e. The third-order valence-electron chi connectivity index (χ3n) is 7.44. The summed E-state index contributed by atoms with van der Waals surface area (Å²) < 4.78 is 7.26. The molecule has 6 rings (SSSR count). The number of methoxy groups -OCH3 is 1. The van der Waals surface area contributed by atoms with E-state index >= 15 is 0 Å². The molecule has 3 aromatic heterocycles. The molecule has 9 nitrogen and oxygen atoms in total. The maximum Gasteiger partial charge on any atom is 0.225 e. The van der Waals surface area contributed by atoms with Crippen molar-refractivity contribution in [3.8, 4) is 17.0 Å². The van der Waals surface area contributed by atoms with Gasteiger partial charge >= 0.3 is 0 Å². The van der Waals surface area contributed by atoms with Crippen molar-refractivity contribution >= 4 is 23.1 Å². The molecule has 2 fully saturated rings. The Labute approximate surface area is 216 Å². The van der Waals surface area contributed by atoms with Crippen LogP contribution in [0.5, 0.6) is 5.75 Å². The van der Waals surface area contributed by atoms with Crippen LogP contribution in [0.3, 0.4) is 0 Å². The van der Waals surface area contributed by atoms with E-state index in [4.69, 9.17) is 14.8 Å². The van der Waals surface area contributed by atoms with E-state index in [1.807, 2.05) is 64.3 Å². The van der Waals surface area contributed by atoms with E-state index in [1.54, 1.807) is 13.3 Å². The zero-order valence-corrected chi connectivity index (χ0v) is 21.0. The number of piperidine rings is 1. The van der Waals surface area contributed by atoms with Crippen LogP contribution in [0.2, 0.25) is 0 Å². The average Bonchev–Trinajstić information content (AvgIpc) is 3.42. The second kappa shape index (κ2) is 10.1. The van der Waals surface area contributed by atoms with Crippen LogP contribution in [0.1, 0.15) is 12.8 Å². The lowest BCUT2D eigenvalue weighted by Gasteiger charge is -2.39. The maximum absolute atomic E-state index is 13.3. The number of nitrogens with zero attached hydrogens (tertiary/aromatic N) is 7. The fraction of sp³-hybridized carbons (Fsp3) is 0.357. The lowest BCUT2D eigenvalue weighted by molar-refractivity contribution is -0.136. The summed E-state index contributed by atoms with van der Waals surface area (Å²) in [6.07, 6.45) is 7.16. The van der Waals surface area contributed by atoms with E-state index in [2.05, 4.69) is 20.9 Å². The number of ether oxygens (including phenoxy) is 1. The van der Waals surface area contributed by atoms with Gasteiger partial charge in [0.15, 0.2) is 5.82 Å². The van der Waals surface area contributed by atoms with Gasteiger partial charge in [0.1, 0.15) is 17.1 Å². The zero-order chi connectivity index (χ0) is 25.2. The number of pyridine rings is 1. The van der Waals surface area contributed by atoms with Crippen LogP contribution < -0.4 is 14.5 Å². The van der Waals surface area contributed by atoms with Gasteiger partial charge in [0.2, 0.25) is 5.91 Å². The zero-order valence-electron chi connectivity index (χ0n) is 21.0. The summed E-state index contributed by atoms with van der Waals surface area (Å²) in [5, 5.41) is 4.77. The van der Waals surface area contributed by atoms with Gasteiger partial charge in [-0.3, -0.25) is 4.79 Å². The summed E-state index contributed by atoms with van der Waals surface area (Å²) in [6.45, 7) is 4.75. The van der Waals surface area contributed by atoms with Gasteiger partial charge in [-0.05, 0) is 43.2 Å². The van der Waals surface area contributed by atoms with Crippen LogP contribution in [0.15, 0.2) is 67.1 Å². The number of anilines is 2. The van der Waals surface area contributed by atoms with Crippen LogP contribution in [-0.2, 0) is 4.79 Å². The summed E-state index contributed by atoms with van der Waals surface area (Å²) in [6, 6.07) is 16.0. The van der Waals surface area contributed by atoms with E-state index in [0.717, 1.165) is 86.3 Å². The lowest BCUT2D eigenvalue weighted by Crippen LogP contribution is -2.52. The van der Waals surface area contributed by atoms with Gasteiger partial charge in [-0.15, -0.1) is 0 Å². The number of aromatic nitrogens is 4. The molecule has 2 aliphatic rings. The lowest BCUT2D eigenvalue weighted by atomic mass is 9.95. The first-order valence-electron chi connectivity index (χ1n) is 12.9. The number of benzene rings is 1. The molecule has 0 aliphatic carbocycles. The molecular formula is C28H31N7O2. The third kappa shape index (κ3) is 4.69. The molecule has 0 atom stereocenters. The predicted octanol–water partition coefficient (Wildman–Crippen LogP) is 3.37. The van der Waals surface area contributed by atoms with Gasteiger partial charge in [0.05, 0.1) is 12.8 Å². The first-order chi connectivity index (χ1) is 18.2. The summed E-state index contributed by atoms with van der Waals surface area (Å²) in [5.74, 6) is 3.06. The molecule has 2 saturated heterocycles. The van der Waals surface area contributed by atoms with Crippen molar-refractivity contribution in [2.45, 2.75) is 12.8 Å². The molecule has 1 aromatic carbocycles. The number of hydrogen-bond donors (Lipinski definition) is 0. The summed E-state index contributed by atoms with van der Waals surface area (Å²) in [5.41, 5.74) is 2.85. The molecule has 0 spiro atoms. The molecule has 0 bridgehead atoms. The van der Waals surface area contributed by atoms with E-state index in [-0.39, 0.29) is 11.8 Å². The Balaban J connectivity index is 1.10. The Morgan fingerprint density at radius 1 is 0.892 bits per heavy atom. The molecule has 2 aliphatic heterocycles. The number of amides is 1. The molecule has 37 heavy (non-hydrogen) atoms. The van der Waals surface area contributed by atoms with Crippen molar-refractivity contribution in [3.63, 3.8) is 0 Å². The highest BCUT2D eigenvalue weighted by atomic mass is 16.5. The van der Waals surface area contributed by atoms with E-state index in [9.17, 15) is 4.79 Å². The summed E-state index contributed by atoms with van der Waals surface area (Å²) in [7, 11) is 1.67. The minimum absolute atomic E-state index is 0.0645. The highest BCUT2D eigenvalue weighted by molar-refractivity contribution is 5.80. The highest BCUT2D eigenvalue weighted by Crippen LogP contribution is 2.30. The van der Waals surface area contributed by atoms with E-state index < -0.39 is 0 Å². The molecule has 190 valence electrons.